The van der Waals surface area contributed by atoms with Gasteiger partial charge in [0.05, 0.1) is 18.6 Å². The van der Waals surface area contributed by atoms with E-state index in [0.717, 1.165) is 10.7 Å². The summed E-state index contributed by atoms with van der Waals surface area (Å²) in [7, 11) is -2.44. The monoisotopic (exact) mass is 339 g/mol. The number of sulfonamides is 1. The van der Waals surface area contributed by atoms with Crippen LogP contribution in [0.25, 0.3) is 0 Å². The number of anilines is 1. The Morgan fingerprint density at radius 1 is 1.26 bits per heavy atom. The highest BCUT2D eigenvalue weighted by atomic mass is 32.2. The van der Waals surface area contributed by atoms with Crippen LogP contribution in [-0.4, -0.2) is 38.9 Å². The van der Waals surface area contributed by atoms with Crippen LogP contribution >= 0.6 is 0 Å². The fourth-order valence-electron chi connectivity index (χ4n) is 1.85. The van der Waals surface area contributed by atoms with Crippen LogP contribution in [0, 0.1) is 0 Å². The van der Waals surface area contributed by atoms with Crippen LogP contribution < -0.4 is 9.04 Å². The number of nitrogens with zero attached hydrogens (tertiary/aromatic N) is 1. The molecule has 0 spiro atoms. The first-order chi connectivity index (χ1) is 10.9. The van der Waals surface area contributed by atoms with Crippen LogP contribution in [0.15, 0.2) is 48.6 Å². The lowest BCUT2D eigenvalue weighted by atomic mass is 10.3. The molecule has 0 fully saturated rings. The van der Waals surface area contributed by atoms with Crippen LogP contribution in [0.3, 0.4) is 0 Å². The van der Waals surface area contributed by atoms with Crippen molar-refractivity contribution in [3.63, 3.8) is 0 Å². The van der Waals surface area contributed by atoms with E-state index in [1.54, 1.807) is 30.4 Å². The molecule has 0 aliphatic heterocycles. The van der Waals surface area contributed by atoms with Crippen LogP contribution in [0.2, 0.25) is 0 Å². The van der Waals surface area contributed by atoms with E-state index in [9.17, 15) is 13.2 Å². The standard InChI is InChI=1S/C16H21NO5S/c1-3-4-5-6-9-12-23(20,21)17(13-16(18)19)14-10-7-8-11-15(14)22-2/h4-11H,3,12-13H2,1-2H3,(H,18,19)/b5-4-,9-6-. The maximum absolute atomic E-state index is 12.5. The molecule has 0 heterocycles. The zero-order chi connectivity index (χ0) is 17.3. The summed E-state index contributed by atoms with van der Waals surface area (Å²) in [5, 5.41) is 9.04. The fourth-order valence-corrected chi connectivity index (χ4v) is 3.14. The number of para-hydroxylation sites is 2. The van der Waals surface area contributed by atoms with E-state index in [0.29, 0.717) is 5.75 Å². The van der Waals surface area contributed by atoms with Crippen molar-refractivity contribution in [3.05, 3.63) is 48.6 Å². The number of ether oxygens (including phenoxy) is 1. The molecule has 1 N–H and O–H groups in total. The first-order valence-electron chi connectivity index (χ1n) is 7.09. The van der Waals surface area contributed by atoms with Crippen LogP contribution in [0.1, 0.15) is 13.3 Å². The Morgan fingerprint density at radius 3 is 2.52 bits per heavy atom. The lowest BCUT2D eigenvalue weighted by molar-refractivity contribution is -0.135. The Labute approximate surface area is 136 Å². The van der Waals surface area contributed by atoms with Gasteiger partial charge in [-0.25, -0.2) is 8.42 Å². The Hall–Kier alpha value is -2.28. The fraction of sp³-hybridized carbons (Fsp3) is 0.312. The topological polar surface area (TPSA) is 83.9 Å². The second-order valence-corrected chi connectivity index (χ2v) is 6.55. The highest BCUT2D eigenvalue weighted by Crippen LogP contribution is 2.29. The molecule has 23 heavy (non-hydrogen) atoms. The summed E-state index contributed by atoms with van der Waals surface area (Å²) in [4.78, 5) is 11.1. The molecular weight excluding hydrogens is 318 g/mol. The molecule has 0 unspecified atom stereocenters. The molecule has 126 valence electrons. The van der Waals surface area contributed by atoms with Gasteiger partial charge in [0.25, 0.3) is 0 Å². The van der Waals surface area contributed by atoms with Gasteiger partial charge in [-0.05, 0) is 18.6 Å². The Bertz CT molecular complexity index is 679. The summed E-state index contributed by atoms with van der Waals surface area (Å²) in [6.07, 6.45) is 7.59. The van der Waals surface area contributed by atoms with Crippen LogP contribution in [0.5, 0.6) is 5.75 Å². The van der Waals surface area contributed by atoms with Crippen molar-refractivity contribution in [1.82, 2.24) is 0 Å². The second kappa shape index (κ2) is 8.99. The van der Waals surface area contributed by atoms with E-state index in [4.69, 9.17) is 9.84 Å². The van der Waals surface area contributed by atoms with Crippen molar-refractivity contribution in [2.45, 2.75) is 13.3 Å². The normalized spacial score (nSPS) is 11.9. The first kappa shape index (κ1) is 18.8. The zero-order valence-corrected chi connectivity index (χ0v) is 14.0. The average molecular weight is 339 g/mol. The Balaban J connectivity index is 3.12. The quantitative estimate of drug-likeness (QED) is 0.699. The molecule has 0 bridgehead atoms. The number of carboxylic acid groups (broad SMARTS) is 1. The van der Waals surface area contributed by atoms with Crippen molar-refractivity contribution in [3.8, 4) is 5.75 Å². The van der Waals surface area contributed by atoms with E-state index in [-0.39, 0.29) is 11.4 Å². The molecule has 0 aromatic heterocycles. The van der Waals surface area contributed by atoms with Gasteiger partial charge in [0, 0.05) is 0 Å². The molecule has 1 aromatic rings. The molecule has 1 rings (SSSR count). The molecule has 0 radical (unpaired) electrons. The number of carboxylic acids is 1. The van der Waals surface area contributed by atoms with Gasteiger partial charge in [-0.1, -0.05) is 43.4 Å². The molecule has 0 saturated heterocycles. The van der Waals surface area contributed by atoms with Crippen LogP contribution in [0.4, 0.5) is 5.69 Å². The third kappa shape index (κ3) is 5.78. The second-order valence-electron chi connectivity index (χ2n) is 4.62. The number of hydrogen-bond donors (Lipinski definition) is 1. The van der Waals surface area contributed by atoms with Crippen molar-refractivity contribution >= 4 is 21.7 Å². The SMILES string of the molecule is CC/C=C\C=C/CS(=O)(=O)N(CC(=O)O)c1ccccc1OC. The molecule has 7 heteroatoms. The van der Waals surface area contributed by atoms with Crippen molar-refractivity contribution in [2.75, 3.05) is 23.7 Å². The summed E-state index contributed by atoms with van der Waals surface area (Å²) >= 11 is 0. The molecule has 0 amide bonds. The van der Waals surface area contributed by atoms with Crippen molar-refractivity contribution < 1.29 is 23.1 Å². The number of rotatable bonds is 9. The van der Waals surface area contributed by atoms with Gasteiger partial charge in [-0.15, -0.1) is 0 Å². The summed E-state index contributed by atoms with van der Waals surface area (Å²) < 4.78 is 31.0. The molecular formula is C16H21NO5S. The molecule has 6 nitrogen and oxygen atoms in total. The minimum atomic E-state index is -3.84. The minimum absolute atomic E-state index is 0.204. The number of carbonyl (C=O) groups is 1. The first-order valence-corrected chi connectivity index (χ1v) is 8.70. The highest BCUT2D eigenvalue weighted by Gasteiger charge is 2.26. The van der Waals surface area contributed by atoms with E-state index in [2.05, 4.69) is 0 Å². The summed E-state index contributed by atoms with van der Waals surface area (Å²) in [6.45, 7) is 1.30. The predicted octanol–water partition coefficient (Wildman–Crippen LogP) is 2.44. The maximum atomic E-state index is 12.5. The maximum Gasteiger partial charge on any atom is 0.324 e. The van der Waals surface area contributed by atoms with Crippen molar-refractivity contribution in [1.29, 1.82) is 0 Å². The van der Waals surface area contributed by atoms with Gasteiger partial charge >= 0.3 is 5.97 Å². The third-order valence-electron chi connectivity index (χ3n) is 2.89. The van der Waals surface area contributed by atoms with Crippen LogP contribution in [-0.2, 0) is 14.8 Å². The van der Waals surface area contributed by atoms with Crippen molar-refractivity contribution in [2.24, 2.45) is 0 Å². The van der Waals surface area contributed by atoms with E-state index < -0.39 is 22.5 Å². The van der Waals surface area contributed by atoms with E-state index >= 15 is 0 Å². The summed E-state index contributed by atoms with van der Waals surface area (Å²) in [6, 6.07) is 6.41. The van der Waals surface area contributed by atoms with Gasteiger partial charge in [-0.2, -0.15) is 0 Å². The Morgan fingerprint density at radius 2 is 1.91 bits per heavy atom. The van der Waals surface area contributed by atoms with Gasteiger partial charge in [-0.3, -0.25) is 9.10 Å². The van der Waals surface area contributed by atoms with Gasteiger partial charge in [0.1, 0.15) is 12.3 Å². The average Bonchev–Trinajstić information content (AvgIpc) is 2.52. The third-order valence-corrected chi connectivity index (χ3v) is 4.51. The minimum Gasteiger partial charge on any atom is -0.495 e. The molecule has 0 saturated carbocycles. The molecule has 0 atom stereocenters. The lowest BCUT2D eigenvalue weighted by Gasteiger charge is -2.23. The lowest BCUT2D eigenvalue weighted by Crippen LogP contribution is -2.37. The largest absolute Gasteiger partial charge is 0.495 e. The van der Waals surface area contributed by atoms with E-state index in [1.165, 1.54) is 19.3 Å². The van der Waals surface area contributed by atoms with Gasteiger partial charge < -0.3 is 9.84 Å². The highest BCUT2D eigenvalue weighted by molar-refractivity contribution is 7.93. The number of aliphatic carboxylic acids is 1. The summed E-state index contributed by atoms with van der Waals surface area (Å²) in [5.74, 6) is -1.24. The Kier molecular flexibility index (Phi) is 7.34. The number of benzene rings is 1. The predicted molar refractivity (Wildman–Crippen MR) is 90.3 cm³/mol. The molecule has 0 aliphatic carbocycles. The van der Waals surface area contributed by atoms with E-state index in [1.807, 2.05) is 13.0 Å². The molecule has 0 aliphatic rings. The van der Waals surface area contributed by atoms with Gasteiger partial charge in [0.15, 0.2) is 0 Å². The number of hydrogen-bond acceptors (Lipinski definition) is 4. The van der Waals surface area contributed by atoms with Gasteiger partial charge in [0.2, 0.25) is 10.0 Å². The number of allylic oxidation sites excluding steroid dienone is 3. The summed E-state index contributed by atoms with van der Waals surface area (Å²) in [5.41, 5.74) is 0.204. The number of methoxy groups -OCH3 is 1. The molecule has 1 aromatic carbocycles. The smallest absolute Gasteiger partial charge is 0.324 e. The zero-order valence-electron chi connectivity index (χ0n) is 13.2.